The summed E-state index contributed by atoms with van der Waals surface area (Å²) in [6.45, 7) is 2.79. The van der Waals surface area contributed by atoms with Gasteiger partial charge < -0.3 is 10.1 Å². The van der Waals surface area contributed by atoms with Crippen LogP contribution in [-0.2, 0) is 23.1 Å². The number of aryl methyl sites for hydroxylation is 1. The van der Waals surface area contributed by atoms with Crippen molar-refractivity contribution in [1.82, 2.24) is 19.7 Å². The summed E-state index contributed by atoms with van der Waals surface area (Å²) in [4.78, 5) is 18.9. The van der Waals surface area contributed by atoms with E-state index in [0.717, 1.165) is 32.5 Å². The maximum absolute atomic E-state index is 12.4. The van der Waals surface area contributed by atoms with Gasteiger partial charge in [-0.3, -0.25) is 19.4 Å². The zero-order chi connectivity index (χ0) is 17.2. The van der Waals surface area contributed by atoms with E-state index in [-0.39, 0.29) is 18.1 Å². The molecule has 0 aromatic carbocycles. The summed E-state index contributed by atoms with van der Waals surface area (Å²) >= 11 is 0. The highest BCUT2D eigenvalue weighted by atomic mass is 16.5. The van der Waals surface area contributed by atoms with Crippen LogP contribution in [0.5, 0.6) is 0 Å². The number of nitrogens with one attached hydrogen (secondary N) is 1. The minimum atomic E-state index is -0.367. The summed E-state index contributed by atoms with van der Waals surface area (Å²) in [5.41, 5.74) is 1.92. The number of nitrogens with zero attached hydrogens (tertiary/aromatic N) is 4. The molecule has 0 unspecified atom stereocenters. The molecule has 2 aliphatic rings. The maximum Gasteiger partial charge on any atom is 0.253 e. The third kappa shape index (κ3) is 3.72. The van der Waals surface area contributed by atoms with Crippen molar-refractivity contribution in [2.24, 2.45) is 13.0 Å². The molecule has 132 valence electrons. The predicted molar refractivity (Wildman–Crippen MR) is 92.7 cm³/mol. The third-order valence-electron chi connectivity index (χ3n) is 5.02. The van der Waals surface area contributed by atoms with E-state index in [1.165, 1.54) is 5.56 Å². The molecule has 1 amide bonds. The van der Waals surface area contributed by atoms with Crippen LogP contribution < -0.4 is 5.32 Å². The summed E-state index contributed by atoms with van der Waals surface area (Å²) in [6.07, 6.45) is 8.93. The Kier molecular flexibility index (Phi) is 4.50. The number of amides is 1. The Morgan fingerprint density at radius 1 is 1.44 bits per heavy atom. The van der Waals surface area contributed by atoms with Crippen molar-refractivity contribution >= 4 is 11.6 Å². The van der Waals surface area contributed by atoms with E-state index in [1.54, 1.807) is 18.5 Å². The van der Waals surface area contributed by atoms with Gasteiger partial charge in [-0.15, -0.1) is 0 Å². The number of likely N-dealkylation sites (tertiary alicyclic amines) is 1. The lowest BCUT2D eigenvalue weighted by molar-refractivity contribution is -0.127. The van der Waals surface area contributed by atoms with Crippen molar-refractivity contribution in [2.75, 3.05) is 18.4 Å². The molecule has 2 fully saturated rings. The topological polar surface area (TPSA) is 72.3 Å². The van der Waals surface area contributed by atoms with E-state index in [2.05, 4.69) is 20.3 Å². The second kappa shape index (κ2) is 6.93. The molecule has 0 saturated carbocycles. The molecule has 2 saturated heterocycles. The largest absolute Gasteiger partial charge is 0.364 e. The van der Waals surface area contributed by atoms with E-state index >= 15 is 0 Å². The number of hydrogen-bond donors (Lipinski definition) is 1. The van der Waals surface area contributed by atoms with Crippen LogP contribution in [0.15, 0.2) is 36.9 Å². The highest BCUT2D eigenvalue weighted by Gasteiger charge is 2.41. The zero-order valence-corrected chi connectivity index (χ0v) is 14.3. The van der Waals surface area contributed by atoms with Gasteiger partial charge in [-0.05, 0) is 37.4 Å². The number of fused-ring (bicyclic) bond motifs is 1. The summed E-state index contributed by atoms with van der Waals surface area (Å²) in [6, 6.07) is 3.64. The first-order valence-corrected chi connectivity index (χ1v) is 8.73. The molecule has 25 heavy (non-hydrogen) atoms. The standard InChI is InChI=1S/C18H23N5O2/c1-22-10-13(8-20-22)11-23-6-4-14-7-16(25-17(14)12-23)18(24)21-15-3-2-5-19-9-15/h2-3,5,8-10,14,16-17H,4,6-7,11-12H2,1H3,(H,21,24)/t14-,16+,17+/m0/s1. The minimum absolute atomic E-state index is 0.0683. The number of pyridine rings is 1. The van der Waals surface area contributed by atoms with E-state index in [4.69, 9.17) is 4.74 Å². The quantitative estimate of drug-likeness (QED) is 0.911. The first kappa shape index (κ1) is 16.2. The fourth-order valence-electron chi connectivity index (χ4n) is 3.78. The molecule has 0 aliphatic carbocycles. The number of hydrogen-bond acceptors (Lipinski definition) is 5. The lowest BCUT2D eigenvalue weighted by Crippen LogP contribution is -2.41. The smallest absolute Gasteiger partial charge is 0.253 e. The van der Waals surface area contributed by atoms with Gasteiger partial charge in [0.1, 0.15) is 6.10 Å². The second-order valence-electron chi connectivity index (χ2n) is 6.94. The normalized spacial score (nSPS) is 26.4. The van der Waals surface area contributed by atoms with Crippen molar-refractivity contribution in [1.29, 1.82) is 0 Å². The average molecular weight is 341 g/mol. The van der Waals surface area contributed by atoms with Crippen LogP contribution in [0.25, 0.3) is 0 Å². The zero-order valence-electron chi connectivity index (χ0n) is 14.3. The lowest BCUT2D eigenvalue weighted by Gasteiger charge is -2.33. The summed E-state index contributed by atoms with van der Waals surface area (Å²) < 4.78 is 7.90. The van der Waals surface area contributed by atoms with Crippen molar-refractivity contribution in [3.8, 4) is 0 Å². The van der Waals surface area contributed by atoms with Gasteiger partial charge in [0.25, 0.3) is 5.91 Å². The molecule has 4 heterocycles. The van der Waals surface area contributed by atoms with Crippen LogP contribution in [0.2, 0.25) is 0 Å². The highest BCUT2D eigenvalue weighted by Crippen LogP contribution is 2.34. The molecular formula is C18H23N5O2. The lowest BCUT2D eigenvalue weighted by atomic mass is 9.91. The molecule has 3 atom stereocenters. The monoisotopic (exact) mass is 341 g/mol. The average Bonchev–Trinajstić information content (AvgIpc) is 3.21. The Balaban J connectivity index is 1.33. The van der Waals surface area contributed by atoms with Gasteiger partial charge in [-0.1, -0.05) is 0 Å². The van der Waals surface area contributed by atoms with Gasteiger partial charge in [0, 0.05) is 38.1 Å². The van der Waals surface area contributed by atoms with E-state index in [1.807, 2.05) is 30.2 Å². The van der Waals surface area contributed by atoms with Gasteiger partial charge in [0.05, 0.1) is 24.2 Å². The number of carbonyl (C=O) groups excluding carboxylic acids is 1. The molecule has 4 rings (SSSR count). The molecule has 0 bridgehead atoms. The van der Waals surface area contributed by atoms with Crippen LogP contribution in [-0.4, -0.2) is 50.9 Å². The molecule has 2 aromatic heterocycles. The summed E-state index contributed by atoms with van der Waals surface area (Å²) in [7, 11) is 1.93. The van der Waals surface area contributed by atoms with E-state index in [0.29, 0.717) is 11.6 Å². The summed E-state index contributed by atoms with van der Waals surface area (Å²) in [5.74, 6) is 0.399. The minimum Gasteiger partial charge on any atom is -0.364 e. The number of anilines is 1. The maximum atomic E-state index is 12.4. The molecule has 7 nitrogen and oxygen atoms in total. The fourth-order valence-corrected chi connectivity index (χ4v) is 3.78. The molecule has 2 aliphatic heterocycles. The van der Waals surface area contributed by atoms with Crippen LogP contribution in [0.1, 0.15) is 18.4 Å². The Morgan fingerprint density at radius 3 is 3.12 bits per heavy atom. The fraction of sp³-hybridized carbons (Fsp3) is 0.500. The van der Waals surface area contributed by atoms with Crippen molar-refractivity contribution in [2.45, 2.75) is 31.6 Å². The van der Waals surface area contributed by atoms with Crippen LogP contribution >= 0.6 is 0 Å². The van der Waals surface area contributed by atoms with Gasteiger partial charge in [-0.25, -0.2) is 0 Å². The van der Waals surface area contributed by atoms with E-state index in [9.17, 15) is 4.79 Å². The first-order valence-electron chi connectivity index (χ1n) is 8.73. The van der Waals surface area contributed by atoms with Gasteiger partial charge >= 0.3 is 0 Å². The Hall–Kier alpha value is -2.25. The summed E-state index contributed by atoms with van der Waals surface area (Å²) in [5, 5.41) is 7.12. The van der Waals surface area contributed by atoms with Crippen molar-refractivity contribution in [3.05, 3.63) is 42.5 Å². The van der Waals surface area contributed by atoms with Crippen LogP contribution in [0.3, 0.4) is 0 Å². The van der Waals surface area contributed by atoms with Crippen LogP contribution in [0.4, 0.5) is 5.69 Å². The number of carbonyl (C=O) groups is 1. The SMILES string of the molecule is Cn1cc(CN2CC[C@H]3C[C@H](C(=O)Nc4cccnc4)O[C@@H]3C2)cn1. The number of piperidine rings is 1. The van der Waals surface area contributed by atoms with Crippen molar-refractivity contribution < 1.29 is 9.53 Å². The first-order chi connectivity index (χ1) is 12.2. The third-order valence-corrected chi connectivity index (χ3v) is 5.02. The van der Waals surface area contributed by atoms with Crippen LogP contribution in [0, 0.1) is 5.92 Å². The molecule has 1 N–H and O–H groups in total. The molecule has 0 spiro atoms. The van der Waals surface area contributed by atoms with E-state index < -0.39 is 0 Å². The second-order valence-corrected chi connectivity index (χ2v) is 6.94. The van der Waals surface area contributed by atoms with Gasteiger partial charge in [0.2, 0.25) is 0 Å². The molecule has 2 aromatic rings. The Morgan fingerprint density at radius 2 is 2.36 bits per heavy atom. The number of ether oxygens (including phenoxy) is 1. The molecule has 7 heteroatoms. The number of rotatable bonds is 4. The number of aromatic nitrogens is 3. The van der Waals surface area contributed by atoms with Gasteiger partial charge in [-0.2, -0.15) is 5.10 Å². The Bertz CT molecular complexity index is 732. The van der Waals surface area contributed by atoms with Crippen molar-refractivity contribution in [3.63, 3.8) is 0 Å². The molecular weight excluding hydrogens is 318 g/mol. The van der Waals surface area contributed by atoms with Gasteiger partial charge in [0.15, 0.2) is 0 Å². The predicted octanol–water partition coefficient (Wildman–Crippen LogP) is 1.43. The Labute approximate surface area is 147 Å². The highest BCUT2D eigenvalue weighted by molar-refractivity contribution is 5.94. The molecule has 0 radical (unpaired) electrons.